The molecular formula is C26H23ClN2O7. The lowest BCUT2D eigenvalue weighted by atomic mass is 10.1. The Labute approximate surface area is 212 Å². The maximum absolute atomic E-state index is 12.9. The number of hydrogen-bond acceptors (Lipinski definition) is 7. The molecule has 1 aromatic heterocycles. The SMILES string of the molecule is COc1cc(/C=C2\C(=O)NC(=O)N(Cc3ccco3)C2=O)ccc1OCCCOc1ccc(Cl)cc1. The number of furan rings is 1. The summed E-state index contributed by atoms with van der Waals surface area (Å²) >= 11 is 5.86. The first-order chi connectivity index (χ1) is 17.4. The van der Waals surface area contributed by atoms with Crippen LogP contribution in [0.2, 0.25) is 5.02 Å². The zero-order valence-electron chi connectivity index (χ0n) is 19.4. The maximum atomic E-state index is 12.9. The molecule has 0 unspecified atom stereocenters. The van der Waals surface area contributed by atoms with Crippen LogP contribution in [0.25, 0.3) is 6.08 Å². The number of rotatable bonds is 10. The highest BCUT2D eigenvalue weighted by atomic mass is 35.5. The molecule has 4 rings (SSSR count). The fourth-order valence-electron chi connectivity index (χ4n) is 3.42. The molecule has 1 fully saturated rings. The predicted molar refractivity (Wildman–Crippen MR) is 131 cm³/mol. The van der Waals surface area contributed by atoms with Crippen LogP contribution in [-0.2, 0) is 16.1 Å². The molecule has 0 atom stereocenters. The number of imide groups is 2. The van der Waals surface area contributed by atoms with Gasteiger partial charge in [-0.15, -0.1) is 0 Å². The van der Waals surface area contributed by atoms with Gasteiger partial charge in [0, 0.05) is 11.4 Å². The number of amides is 4. The monoisotopic (exact) mass is 510 g/mol. The van der Waals surface area contributed by atoms with Gasteiger partial charge in [-0.1, -0.05) is 17.7 Å². The van der Waals surface area contributed by atoms with E-state index in [0.717, 1.165) is 10.6 Å². The van der Waals surface area contributed by atoms with Crippen molar-refractivity contribution in [2.24, 2.45) is 0 Å². The van der Waals surface area contributed by atoms with Crippen molar-refractivity contribution in [3.63, 3.8) is 0 Å². The van der Waals surface area contributed by atoms with Crippen molar-refractivity contribution >= 4 is 35.5 Å². The van der Waals surface area contributed by atoms with E-state index in [4.69, 9.17) is 30.2 Å². The fraction of sp³-hybridized carbons (Fsp3) is 0.192. The predicted octanol–water partition coefficient (Wildman–Crippen LogP) is 4.45. The van der Waals surface area contributed by atoms with Crippen LogP contribution < -0.4 is 19.5 Å². The third-order valence-corrected chi connectivity index (χ3v) is 5.46. The van der Waals surface area contributed by atoms with Crippen LogP contribution in [0.15, 0.2) is 70.9 Å². The standard InChI is InChI=1S/C26H23ClN2O7/c1-33-23-15-17(5-10-22(23)36-13-3-12-34-19-8-6-18(27)7-9-19)14-21-24(30)28-26(32)29(25(21)31)16-20-4-2-11-35-20/h2,4-11,14-15H,3,12-13,16H2,1H3,(H,28,30,32)/b21-14+. The Balaban J connectivity index is 1.39. The smallest absolute Gasteiger partial charge is 0.331 e. The van der Waals surface area contributed by atoms with E-state index in [9.17, 15) is 14.4 Å². The summed E-state index contributed by atoms with van der Waals surface area (Å²) in [6, 6.07) is 14.6. The molecule has 0 spiro atoms. The van der Waals surface area contributed by atoms with Crippen molar-refractivity contribution in [2.75, 3.05) is 20.3 Å². The molecule has 0 radical (unpaired) electrons. The Bertz CT molecular complexity index is 1270. The zero-order valence-corrected chi connectivity index (χ0v) is 20.1. The molecule has 0 saturated carbocycles. The first kappa shape index (κ1) is 24.9. The van der Waals surface area contributed by atoms with E-state index < -0.39 is 17.8 Å². The summed E-state index contributed by atoms with van der Waals surface area (Å²) in [7, 11) is 1.49. The lowest BCUT2D eigenvalue weighted by Gasteiger charge is -2.25. The van der Waals surface area contributed by atoms with Crippen LogP contribution in [0.4, 0.5) is 4.79 Å². The lowest BCUT2D eigenvalue weighted by molar-refractivity contribution is -0.130. The first-order valence-electron chi connectivity index (χ1n) is 11.0. The van der Waals surface area contributed by atoms with E-state index in [-0.39, 0.29) is 12.1 Å². The number of carbonyl (C=O) groups is 3. The molecule has 10 heteroatoms. The molecule has 36 heavy (non-hydrogen) atoms. The maximum Gasteiger partial charge on any atom is 0.331 e. The molecule has 186 valence electrons. The molecule has 0 bridgehead atoms. The molecule has 3 aromatic rings. The highest BCUT2D eigenvalue weighted by molar-refractivity contribution is 6.31. The normalized spacial score (nSPS) is 14.7. The van der Waals surface area contributed by atoms with Gasteiger partial charge in [0.2, 0.25) is 0 Å². The van der Waals surface area contributed by atoms with Gasteiger partial charge in [-0.05, 0) is 60.2 Å². The second-order valence-corrected chi connectivity index (χ2v) is 8.14. The molecule has 1 aliphatic rings. The molecule has 1 N–H and O–H groups in total. The number of hydrogen-bond donors (Lipinski definition) is 1. The van der Waals surface area contributed by atoms with Gasteiger partial charge in [0.25, 0.3) is 11.8 Å². The third-order valence-electron chi connectivity index (χ3n) is 5.21. The fourth-order valence-corrected chi connectivity index (χ4v) is 3.54. The molecule has 2 heterocycles. The van der Waals surface area contributed by atoms with Gasteiger partial charge in [-0.25, -0.2) is 4.79 Å². The van der Waals surface area contributed by atoms with Crippen LogP contribution in [0.5, 0.6) is 17.2 Å². The lowest BCUT2D eigenvalue weighted by Crippen LogP contribution is -2.53. The van der Waals surface area contributed by atoms with E-state index in [1.807, 2.05) is 0 Å². The average molecular weight is 511 g/mol. The molecule has 2 aromatic carbocycles. The van der Waals surface area contributed by atoms with Gasteiger partial charge in [0.05, 0.1) is 33.1 Å². The topological polar surface area (TPSA) is 107 Å². The minimum absolute atomic E-state index is 0.0971. The average Bonchev–Trinajstić information content (AvgIpc) is 3.39. The van der Waals surface area contributed by atoms with Gasteiger partial charge < -0.3 is 18.6 Å². The Hall–Kier alpha value is -4.24. The molecule has 0 aliphatic carbocycles. The van der Waals surface area contributed by atoms with Crippen molar-refractivity contribution in [2.45, 2.75) is 13.0 Å². The van der Waals surface area contributed by atoms with Gasteiger partial charge in [-0.3, -0.25) is 19.8 Å². The van der Waals surface area contributed by atoms with Crippen molar-refractivity contribution in [3.8, 4) is 17.2 Å². The Morgan fingerprint density at radius 2 is 1.78 bits per heavy atom. The molecule has 9 nitrogen and oxygen atoms in total. The minimum atomic E-state index is -0.806. The van der Waals surface area contributed by atoms with E-state index in [0.29, 0.717) is 47.5 Å². The van der Waals surface area contributed by atoms with Crippen molar-refractivity contribution in [1.29, 1.82) is 0 Å². The van der Waals surface area contributed by atoms with Gasteiger partial charge in [0.1, 0.15) is 17.1 Å². The summed E-state index contributed by atoms with van der Waals surface area (Å²) in [5, 5.41) is 2.82. The second kappa shape index (κ2) is 11.5. The number of halogens is 1. The number of barbiturate groups is 1. The van der Waals surface area contributed by atoms with Crippen molar-refractivity contribution in [3.05, 3.63) is 82.8 Å². The Morgan fingerprint density at radius 1 is 1.00 bits per heavy atom. The first-order valence-corrected chi connectivity index (χ1v) is 11.4. The quantitative estimate of drug-likeness (QED) is 0.244. The third kappa shape index (κ3) is 6.05. The number of benzene rings is 2. The van der Waals surface area contributed by atoms with Crippen molar-refractivity contribution in [1.82, 2.24) is 10.2 Å². The number of carbonyl (C=O) groups excluding carboxylic acids is 3. The summed E-state index contributed by atoms with van der Waals surface area (Å²) in [5.74, 6) is 0.560. The van der Waals surface area contributed by atoms with Crippen LogP contribution in [0.1, 0.15) is 17.7 Å². The van der Waals surface area contributed by atoms with Crippen LogP contribution in [0.3, 0.4) is 0 Å². The van der Waals surface area contributed by atoms with E-state index >= 15 is 0 Å². The zero-order chi connectivity index (χ0) is 25.5. The van der Waals surface area contributed by atoms with Gasteiger partial charge in [0.15, 0.2) is 11.5 Å². The number of urea groups is 1. The van der Waals surface area contributed by atoms with Crippen LogP contribution in [-0.4, -0.2) is 43.1 Å². The summed E-state index contributed by atoms with van der Waals surface area (Å²) in [5.41, 5.74) is 0.340. The highest BCUT2D eigenvalue weighted by Crippen LogP contribution is 2.29. The minimum Gasteiger partial charge on any atom is -0.493 e. The van der Waals surface area contributed by atoms with E-state index in [1.165, 1.54) is 19.4 Å². The molecule has 1 saturated heterocycles. The van der Waals surface area contributed by atoms with Crippen LogP contribution in [0, 0.1) is 0 Å². The van der Waals surface area contributed by atoms with Crippen molar-refractivity contribution < 1.29 is 33.0 Å². The number of ether oxygens (including phenoxy) is 3. The molecular weight excluding hydrogens is 488 g/mol. The Morgan fingerprint density at radius 3 is 2.50 bits per heavy atom. The summed E-state index contributed by atoms with van der Waals surface area (Å²) in [4.78, 5) is 38.3. The molecule has 4 amide bonds. The van der Waals surface area contributed by atoms with E-state index in [2.05, 4.69) is 5.32 Å². The summed E-state index contributed by atoms with van der Waals surface area (Å²) in [6.07, 6.45) is 3.46. The summed E-state index contributed by atoms with van der Waals surface area (Å²) in [6.45, 7) is 0.744. The highest BCUT2D eigenvalue weighted by Gasteiger charge is 2.36. The number of nitrogens with one attached hydrogen (secondary N) is 1. The molecule has 1 aliphatic heterocycles. The van der Waals surface area contributed by atoms with Crippen LogP contribution >= 0.6 is 11.6 Å². The second-order valence-electron chi connectivity index (χ2n) is 7.70. The van der Waals surface area contributed by atoms with E-state index in [1.54, 1.807) is 54.6 Å². The largest absolute Gasteiger partial charge is 0.493 e. The van der Waals surface area contributed by atoms with Gasteiger partial charge >= 0.3 is 6.03 Å². The summed E-state index contributed by atoms with van der Waals surface area (Å²) < 4.78 is 22.1. The Kier molecular flexibility index (Phi) is 7.92. The number of nitrogens with zero attached hydrogens (tertiary/aromatic N) is 1. The van der Waals surface area contributed by atoms with Gasteiger partial charge in [-0.2, -0.15) is 0 Å². The number of methoxy groups -OCH3 is 1.